The molecule has 100 valence electrons. The standard InChI is InChI=1S/C16H20N2O/c17-6-7-19-15-3-1-2-13(9-15)11-18-16-10-12-4-5-14(16)8-12/h1-3,9,12,14,16,18H,4-5,7-8,10-11H2. The van der Waals surface area contributed by atoms with Crippen LogP contribution in [-0.2, 0) is 6.54 Å². The van der Waals surface area contributed by atoms with Crippen LogP contribution in [0.4, 0.5) is 0 Å². The predicted octanol–water partition coefficient (Wildman–Crippen LogP) is 2.87. The highest BCUT2D eigenvalue weighted by Crippen LogP contribution is 2.44. The van der Waals surface area contributed by atoms with Crippen LogP contribution < -0.4 is 10.1 Å². The summed E-state index contributed by atoms with van der Waals surface area (Å²) in [6.07, 6.45) is 5.65. The molecule has 0 spiro atoms. The van der Waals surface area contributed by atoms with Gasteiger partial charge in [-0.3, -0.25) is 0 Å². The molecule has 1 aromatic rings. The summed E-state index contributed by atoms with van der Waals surface area (Å²) < 4.78 is 5.33. The average Bonchev–Trinajstić information content (AvgIpc) is 3.06. The smallest absolute Gasteiger partial charge is 0.174 e. The van der Waals surface area contributed by atoms with E-state index in [1.807, 2.05) is 24.3 Å². The Morgan fingerprint density at radius 1 is 1.32 bits per heavy atom. The summed E-state index contributed by atoms with van der Waals surface area (Å²) in [6.45, 7) is 1.01. The van der Waals surface area contributed by atoms with E-state index < -0.39 is 0 Å². The van der Waals surface area contributed by atoms with Crippen LogP contribution in [0.2, 0.25) is 0 Å². The lowest BCUT2D eigenvalue weighted by molar-refractivity contribution is 0.349. The molecule has 3 rings (SSSR count). The van der Waals surface area contributed by atoms with Crippen LogP contribution >= 0.6 is 0 Å². The Morgan fingerprint density at radius 2 is 2.26 bits per heavy atom. The Balaban J connectivity index is 1.53. The van der Waals surface area contributed by atoms with Crippen molar-refractivity contribution in [3.63, 3.8) is 0 Å². The third-order valence-electron chi connectivity index (χ3n) is 4.51. The van der Waals surface area contributed by atoms with Crippen LogP contribution in [-0.4, -0.2) is 12.6 Å². The Hall–Kier alpha value is -1.53. The number of nitrogens with one attached hydrogen (secondary N) is 1. The zero-order valence-electron chi connectivity index (χ0n) is 11.1. The molecule has 0 heterocycles. The summed E-state index contributed by atoms with van der Waals surface area (Å²) in [4.78, 5) is 0. The summed E-state index contributed by atoms with van der Waals surface area (Å²) in [5.41, 5.74) is 1.23. The second-order valence-corrected chi connectivity index (χ2v) is 5.76. The monoisotopic (exact) mass is 256 g/mol. The van der Waals surface area contributed by atoms with Crippen LogP contribution in [0.3, 0.4) is 0 Å². The fourth-order valence-electron chi connectivity index (χ4n) is 3.60. The van der Waals surface area contributed by atoms with Crippen molar-refractivity contribution >= 4 is 0 Å². The van der Waals surface area contributed by atoms with Gasteiger partial charge in [-0.2, -0.15) is 5.26 Å². The summed E-state index contributed by atoms with van der Waals surface area (Å²) >= 11 is 0. The molecule has 2 aliphatic rings. The lowest BCUT2D eigenvalue weighted by Gasteiger charge is -2.23. The van der Waals surface area contributed by atoms with E-state index in [0.717, 1.165) is 24.1 Å². The highest BCUT2D eigenvalue weighted by atomic mass is 16.5. The first-order valence-electron chi connectivity index (χ1n) is 7.17. The number of benzene rings is 1. The second kappa shape index (κ2) is 5.63. The van der Waals surface area contributed by atoms with Crippen LogP contribution in [0, 0.1) is 23.2 Å². The minimum atomic E-state index is 0.114. The van der Waals surface area contributed by atoms with E-state index in [9.17, 15) is 0 Å². The van der Waals surface area contributed by atoms with Gasteiger partial charge in [-0.1, -0.05) is 18.6 Å². The molecule has 3 nitrogen and oxygen atoms in total. The van der Waals surface area contributed by atoms with Gasteiger partial charge in [0.25, 0.3) is 0 Å². The van der Waals surface area contributed by atoms with Gasteiger partial charge in [-0.25, -0.2) is 0 Å². The van der Waals surface area contributed by atoms with E-state index in [0.29, 0.717) is 6.04 Å². The van der Waals surface area contributed by atoms with Crippen molar-refractivity contribution in [1.82, 2.24) is 5.32 Å². The maximum Gasteiger partial charge on any atom is 0.174 e. The number of hydrogen-bond donors (Lipinski definition) is 1. The number of hydrogen-bond acceptors (Lipinski definition) is 3. The molecule has 2 bridgehead atoms. The van der Waals surface area contributed by atoms with E-state index in [-0.39, 0.29) is 6.61 Å². The number of nitrogens with zero attached hydrogens (tertiary/aromatic N) is 1. The van der Waals surface area contributed by atoms with Crippen LogP contribution in [0.25, 0.3) is 0 Å². The van der Waals surface area contributed by atoms with Gasteiger partial charge in [0, 0.05) is 12.6 Å². The molecule has 0 amide bonds. The minimum Gasteiger partial charge on any atom is -0.479 e. The zero-order valence-corrected chi connectivity index (χ0v) is 11.1. The first-order valence-corrected chi connectivity index (χ1v) is 7.17. The van der Waals surface area contributed by atoms with E-state index in [1.54, 1.807) is 0 Å². The predicted molar refractivity (Wildman–Crippen MR) is 73.6 cm³/mol. The Kier molecular flexibility index (Phi) is 3.70. The van der Waals surface area contributed by atoms with Crippen molar-refractivity contribution in [3.8, 4) is 11.8 Å². The SMILES string of the molecule is N#CCOc1cccc(CNC2CC3CCC2C3)c1. The van der Waals surface area contributed by atoms with Crippen molar-refractivity contribution in [2.45, 2.75) is 38.3 Å². The number of fused-ring (bicyclic) bond motifs is 2. The van der Waals surface area contributed by atoms with Crippen LogP contribution in [0.15, 0.2) is 24.3 Å². The first kappa shape index (κ1) is 12.5. The summed E-state index contributed by atoms with van der Waals surface area (Å²) in [7, 11) is 0. The van der Waals surface area contributed by atoms with Crippen molar-refractivity contribution < 1.29 is 4.74 Å². The fraction of sp³-hybridized carbons (Fsp3) is 0.562. The van der Waals surface area contributed by atoms with Crippen molar-refractivity contribution in [3.05, 3.63) is 29.8 Å². The number of ether oxygens (including phenoxy) is 1. The molecule has 3 atom stereocenters. The number of rotatable bonds is 5. The maximum atomic E-state index is 8.52. The number of nitriles is 1. The third kappa shape index (κ3) is 2.90. The minimum absolute atomic E-state index is 0.114. The molecule has 0 aliphatic heterocycles. The highest BCUT2D eigenvalue weighted by molar-refractivity contribution is 5.28. The Bertz CT molecular complexity index is 480. The van der Waals surface area contributed by atoms with Gasteiger partial charge in [0.05, 0.1) is 0 Å². The molecule has 0 saturated heterocycles. The fourth-order valence-corrected chi connectivity index (χ4v) is 3.60. The van der Waals surface area contributed by atoms with E-state index in [1.165, 1.54) is 31.2 Å². The quantitative estimate of drug-likeness (QED) is 0.881. The van der Waals surface area contributed by atoms with Gasteiger partial charge in [-0.05, 0) is 48.8 Å². The molecule has 19 heavy (non-hydrogen) atoms. The zero-order chi connectivity index (χ0) is 13.1. The molecule has 0 aromatic heterocycles. The van der Waals surface area contributed by atoms with Gasteiger partial charge >= 0.3 is 0 Å². The van der Waals surface area contributed by atoms with Crippen molar-refractivity contribution in [2.75, 3.05) is 6.61 Å². The molecule has 3 unspecified atom stereocenters. The molecular formula is C16H20N2O. The average molecular weight is 256 g/mol. The maximum absolute atomic E-state index is 8.52. The second-order valence-electron chi connectivity index (χ2n) is 5.76. The molecule has 2 aliphatic carbocycles. The van der Waals surface area contributed by atoms with E-state index in [2.05, 4.69) is 11.4 Å². The largest absolute Gasteiger partial charge is 0.479 e. The van der Waals surface area contributed by atoms with Gasteiger partial charge in [-0.15, -0.1) is 0 Å². The topological polar surface area (TPSA) is 45.0 Å². The van der Waals surface area contributed by atoms with Crippen LogP contribution in [0.1, 0.15) is 31.2 Å². The molecule has 0 radical (unpaired) electrons. The highest BCUT2D eigenvalue weighted by Gasteiger charge is 2.38. The molecule has 1 N–H and O–H groups in total. The summed E-state index contributed by atoms with van der Waals surface area (Å²) in [5.74, 6) is 2.67. The van der Waals surface area contributed by atoms with Gasteiger partial charge in [0.1, 0.15) is 11.8 Å². The van der Waals surface area contributed by atoms with Crippen molar-refractivity contribution in [1.29, 1.82) is 5.26 Å². The summed E-state index contributed by atoms with van der Waals surface area (Å²) in [5, 5.41) is 12.2. The van der Waals surface area contributed by atoms with Crippen LogP contribution in [0.5, 0.6) is 5.75 Å². The summed E-state index contributed by atoms with van der Waals surface area (Å²) in [6, 6.07) is 10.7. The Morgan fingerprint density at radius 3 is 3.00 bits per heavy atom. The molecule has 1 aromatic carbocycles. The lowest BCUT2D eigenvalue weighted by atomic mass is 9.95. The molecule has 3 heteroatoms. The molecule has 2 fully saturated rings. The van der Waals surface area contributed by atoms with E-state index in [4.69, 9.17) is 10.00 Å². The lowest BCUT2D eigenvalue weighted by Crippen LogP contribution is -2.33. The van der Waals surface area contributed by atoms with Gasteiger partial charge in [0.15, 0.2) is 6.61 Å². The normalized spacial score (nSPS) is 28.3. The molecular weight excluding hydrogens is 236 g/mol. The van der Waals surface area contributed by atoms with E-state index >= 15 is 0 Å². The first-order chi connectivity index (χ1) is 9.35. The van der Waals surface area contributed by atoms with Gasteiger partial charge < -0.3 is 10.1 Å². The molecule has 2 saturated carbocycles. The van der Waals surface area contributed by atoms with Gasteiger partial charge in [0.2, 0.25) is 0 Å². The van der Waals surface area contributed by atoms with Crippen molar-refractivity contribution in [2.24, 2.45) is 11.8 Å². The Labute approximate surface area is 114 Å². The third-order valence-corrected chi connectivity index (χ3v) is 4.51.